The third-order valence-electron chi connectivity index (χ3n) is 3.94. The molecule has 0 amide bonds. The number of likely N-dealkylation sites (tertiary alicyclic amines) is 1. The molecule has 0 aromatic rings. The molecule has 3 nitrogen and oxygen atoms in total. The Labute approximate surface area is 99.2 Å². The van der Waals surface area contributed by atoms with E-state index in [9.17, 15) is 5.11 Å². The lowest BCUT2D eigenvalue weighted by Gasteiger charge is -2.37. The first-order chi connectivity index (χ1) is 7.83. The van der Waals surface area contributed by atoms with E-state index >= 15 is 0 Å². The fourth-order valence-corrected chi connectivity index (χ4v) is 2.79. The average Bonchev–Trinajstić information content (AvgIpc) is 3.13. The molecule has 1 aliphatic heterocycles. The van der Waals surface area contributed by atoms with Gasteiger partial charge in [0.05, 0.1) is 6.61 Å². The van der Waals surface area contributed by atoms with Crippen LogP contribution in [0, 0.1) is 0 Å². The number of piperidine rings is 1. The minimum Gasteiger partial charge on any atom is -0.395 e. The van der Waals surface area contributed by atoms with Gasteiger partial charge in [-0.15, -0.1) is 0 Å². The molecule has 0 bridgehead atoms. The van der Waals surface area contributed by atoms with Gasteiger partial charge in [-0.3, -0.25) is 4.90 Å². The topological polar surface area (TPSA) is 35.5 Å². The monoisotopic (exact) mass is 226 g/mol. The lowest BCUT2D eigenvalue weighted by Crippen LogP contribution is -2.49. The molecule has 2 unspecified atom stereocenters. The molecule has 0 aromatic carbocycles. The number of rotatable bonds is 6. The summed E-state index contributed by atoms with van der Waals surface area (Å²) >= 11 is 0. The summed E-state index contributed by atoms with van der Waals surface area (Å²) in [6.45, 7) is 4.82. The largest absolute Gasteiger partial charge is 0.395 e. The molecule has 3 heteroatoms. The molecule has 0 radical (unpaired) electrons. The second-order valence-corrected chi connectivity index (χ2v) is 5.37. The van der Waals surface area contributed by atoms with Crippen LogP contribution in [0.5, 0.6) is 0 Å². The zero-order valence-electron chi connectivity index (χ0n) is 10.5. The molecule has 2 rings (SSSR count). The first-order valence-electron chi connectivity index (χ1n) is 6.94. The molecule has 2 atom stereocenters. The maximum Gasteiger partial charge on any atom is 0.0597 e. The summed E-state index contributed by atoms with van der Waals surface area (Å²) in [5.41, 5.74) is 0. The highest BCUT2D eigenvalue weighted by atomic mass is 16.3. The van der Waals surface area contributed by atoms with E-state index in [1.54, 1.807) is 0 Å². The van der Waals surface area contributed by atoms with E-state index in [0.717, 1.165) is 12.6 Å². The molecule has 0 spiro atoms. The molecule has 1 aliphatic carbocycles. The van der Waals surface area contributed by atoms with Gasteiger partial charge in [0.15, 0.2) is 0 Å². The van der Waals surface area contributed by atoms with E-state index in [0.29, 0.717) is 12.1 Å². The van der Waals surface area contributed by atoms with Crippen LogP contribution in [0.4, 0.5) is 0 Å². The molecule has 1 saturated carbocycles. The van der Waals surface area contributed by atoms with Gasteiger partial charge in [0.25, 0.3) is 0 Å². The molecule has 2 aliphatic rings. The van der Waals surface area contributed by atoms with Gasteiger partial charge in [-0.25, -0.2) is 0 Å². The third-order valence-corrected chi connectivity index (χ3v) is 3.94. The van der Waals surface area contributed by atoms with Crippen molar-refractivity contribution < 1.29 is 5.11 Å². The summed E-state index contributed by atoms with van der Waals surface area (Å²) in [5, 5.41) is 12.9. The summed E-state index contributed by atoms with van der Waals surface area (Å²) in [6, 6.07) is 1.74. The maximum atomic E-state index is 9.40. The van der Waals surface area contributed by atoms with Gasteiger partial charge in [-0.2, -0.15) is 0 Å². The lowest BCUT2D eigenvalue weighted by molar-refractivity contribution is 0.110. The number of hydrogen-bond donors (Lipinski definition) is 2. The van der Waals surface area contributed by atoms with Gasteiger partial charge in [-0.05, 0) is 38.6 Å². The standard InChI is InChI=1S/C13H26N2O/c1-2-13-5-3-4-8-15(13)9-12(10-16)14-11-6-7-11/h11-14,16H,2-10H2,1H3. The first kappa shape index (κ1) is 12.3. The predicted octanol–water partition coefficient (Wildman–Crippen LogP) is 1.36. The Hall–Kier alpha value is -0.120. The van der Waals surface area contributed by atoms with E-state index in [1.165, 1.54) is 45.1 Å². The van der Waals surface area contributed by atoms with Gasteiger partial charge in [0.2, 0.25) is 0 Å². The van der Waals surface area contributed by atoms with Crippen LogP contribution in [-0.4, -0.2) is 47.8 Å². The second-order valence-electron chi connectivity index (χ2n) is 5.37. The van der Waals surface area contributed by atoms with E-state index in [4.69, 9.17) is 0 Å². The molecule has 2 fully saturated rings. The zero-order valence-corrected chi connectivity index (χ0v) is 10.5. The number of aliphatic hydroxyl groups excluding tert-OH is 1. The number of nitrogens with zero attached hydrogens (tertiary/aromatic N) is 1. The fraction of sp³-hybridized carbons (Fsp3) is 1.00. The minimum atomic E-state index is 0.281. The zero-order chi connectivity index (χ0) is 11.4. The van der Waals surface area contributed by atoms with Crippen LogP contribution in [0.25, 0.3) is 0 Å². The summed E-state index contributed by atoms with van der Waals surface area (Å²) in [5.74, 6) is 0. The Bertz CT molecular complexity index is 206. The van der Waals surface area contributed by atoms with Crippen molar-refractivity contribution in [2.24, 2.45) is 0 Å². The Morgan fingerprint density at radius 3 is 2.75 bits per heavy atom. The fourth-order valence-electron chi connectivity index (χ4n) is 2.79. The highest BCUT2D eigenvalue weighted by Crippen LogP contribution is 2.22. The molecule has 0 aromatic heterocycles. The molecule has 1 saturated heterocycles. The van der Waals surface area contributed by atoms with Crippen molar-refractivity contribution in [3.05, 3.63) is 0 Å². The van der Waals surface area contributed by atoms with Gasteiger partial charge in [-0.1, -0.05) is 13.3 Å². The van der Waals surface area contributed by atoms with Gasteiger partial charge in [0.1, 0.15) is 0 Å². The van der Waals surface area contributed by atoms with Crippen LogP contribution in [-0.2, 0) is 0 Å². The molecule has 94 valence electrons. The van der Waals surface area contributed by atoms with Crippen LogP contribution >= 0.6 is 0 Å². The van der Waals surface area contributed by atoms with Crippen LogP contribution in [0.15, 0.2) is 0 Å². The van der Waals surface area contributed by atoms with Crippen LogP contribution in [0.1, 0.15) is 45.4 Å². The Morgan fingerprint density at radius 1 is 1.31 bits per heavy atom. The Balaban J connectivity index is 1.79. The lowest BCUT2D eigenvalue weighted by atomic mass is 9.99. The van der Waals surface area contributed by atoms with Crippen molar-refractivity contribution in [2.75, 3.05) is 19.7 Å². The van der Waals surface area contributed by atoms with Gasteiger partial charge < -0.3 is 10.4 Å². The predicted molar refractivity (Wildman–Crippen MR) is 66.5 cm³/mol. The molecule has 2 N–H and O–H groups in total. The first-order valence-corrected chi connectivity index (χ1v) is 6.94. The summed E-state index contributed by atoms with van der Waals surface area (Å²) < 4.78 is 0. The number of hydrogen-bond acceptors (Lipinski definition) is 3. The number of aliphatic hydroxyl groups is 1. The molecular formula is C13H26N2O. The van der Waals surface area contributed by atoms with E-state index in [-0.39, 0.29) is 6.61 Å². The maximum absolute atomic E-state index is 9.40. The van der Waals surface area contributed by atoms with Gasteiger partial charge in [0, 0.05) is 24.7 Å². The number of nitrogens with one attached hydrogen (secondary N) is 1. The Morgan fingerprint density at radius 2 is 2.12 bits per heavy atom. The molecule has 1 heterocycles. The summed E-state index contributed by atoms with van der Waals surface area (Å²) in [6.07, 6.45) is 7.91. The Kier molecular flexibility index (Phi) is 4.62. The summed E-state index contributed by atoms with van der Waals surface area (Å²) in [7, 11) is 0. The van der Waals surface area contributed by atoms with Crippen molar-refractivity contribution in [1.82, 2.24) is 10.2 Å². The van der Waals surface area contributed by atoms with Crippen molar-refractivity contribution in [3.63, 3.8) is 0 Å². The molecular weight excluding hydrogens is 200 g/mol. The highest BCUT2D eigenvalue weighted by Gasteiger charge is 2.27. The third kappa shape index (κ3) is 3.44. The SMILES string of the molecule is CCC1CCCCN1CC(CO)NC1CC1. The van der Waals surface area contributed by atoms with Gasteiger partial charge >= 0.3 is 0 Å². The summed E-state index contributed by atoms with van der Waals surface area (Å²) in [4.78, 5) is 2.58. The van der Waals surface area contributed by atoms with Crippen molar-refractivity contribution >= 4 is 0 Å². The second kappa shape index (κ2) is 5.99. The smallest absolute Gasteiger partial charge is 0.0597 e. The van der Waals surface area contributed by atoms with Crippen molar-refractivity contribution in [2.45, 2.75) is 63.6 Å². The van der Waals surface area contributed by atoms with E-state index < -0.39 is 0 Å². The van der Waals surface area contributed by atoms with Crippen LogP contribution < -0.4 is 5.32 Å². The average molecular weight is 226 g/mol. The van der Waals surface area contributed by atoms with Crippen LogP contribution in [0.2, 0.25) is 0 Å². The van der Waals surface area contributed by atoms with E-state index in [1.807, 2.05) is 0 Å². The highest BCUT2D eigenvalue weighted by molar-refractivity contribution is 4.87. The van der Waals surface area contributed by atoms with Crippen LogP contribution in [0.3, 0.4) is 0 Å². The molecule has 16 heavy (non-hydrogen) atoms. The van der Waals surface area contributed by atoms with E-state index in [2.05, 4.69) is 17.1 Å². The normalized spacial score (nSPS) is 29.2. The quantitative estimate of drug-likeness (QED) is 0.718. The van der Waals surface area contributed by atoms with Crippen molar-refractivity contribution in [1.29, 1.82) is 0 Å². The minimum absolute atomic E-state index is 0.281. The van der Waals surface area contributed by atoms with Crippen molar-refractivity contribution in [3.8, 4) is 0 Å².